The van der Waals surface area contributed by atoms with Crippen LogP contribution in [0, 0.1) is 20.8 Å². The van der Waals surface area contributed by atoms with E-state index in [1.54, 1.807) is 20.0 Å². The van der Waals surface area contributed by atoms with Crippen LogP contribution in [-0.4, -0.2) is 35.0 Å². The molecule has 25 heavy (non-hydrogen) atoms. The van der Waals surface area contributed by atoms with Crippen LogP contribution < -0.4 is 10.3 Å². The SMILES string of the molecule is CON=C1CCOc2c(C)cc(C(=O)c3c(C)[nH]n(C)c3=O)c(C)c21. The molecule has 0 saturated heterocycles. The van der Waals surface area contributed by atoms with Crippen LogP contribution in [0.2, 0.25) is 0 Å². The van der Waals surface area contributed by atoms with Crippen molar-refractivity contribution in [3.05, 3.63) is 49.9 Å². The number of rotatable bonds is 3. The third-order valence-corrected chi connectivity index (χ3v) is 4.50. The van der Waals surface area contributed by atoms with Gasteiger partial charge in [0.05, 0.1) is 12.3 Å². The lowest BCUT2D eigenvalue weighted by molar-refractivity contribution is 0.103. The molecule has 0 amide bonds. The first-order valence-corrected chi connectivity index (χ1v) is 8.04. The molecule has 7 nitrogen and oxygen atoms in total. The fourth-order valence-electron chi connectivity index (χ4n) is 3.33. The lowest BCUT2D eigenvalue weighted by Crippen LogP contribution is -2.23. The number of fused-ring (bicyclic) bond motifs is 1. The van der Waals surface area contributed by atoms with E-state index < -0.39 is 0 Å². The Morgan fingerprint density at radius 2 is 2.08 bits per heavy atom. The van der Waals surface area contributed by atoms with Crippen LogP contribution in [0.25, 0.3) is 0 Å². The number of aromatic nitrogens is 2. The van der Waals surface area contributed by atoms with Crippen molar-refractivity contribution < 1.29 is 14.4 Å². The number of carbonyl (C=O) groups is 1. The standard InChI is InChI=1S/C18H21N3O4/c1-9-8-12(16(22)15-11(3)19-21(4)18(15)23)10(2)14-13(20-24-5)6-7-25-17(9)14/h8,19H,6-7H2,1-5H3. The second-order valence-corrected chi connectivity index (χ2v) is 6.19. The van der Waals surface area contributed by atoms with E-state index in [4.69, 9.17) is 9.57 Å². The second-order valence-electron chi connectivity index (χ2n) is 6.19. The second kappa shape index (κ2) is 6.23. The van der Waals surface area contributed by atoms with Gasteiger partial charge in [-0.25, -0.2) is 0 Å². The molecule has 3 rings (SSSR count). The van der Waals surface area contributed by atoms with Gasteiger partial charge < -0.3 is 9.57 Å². The van der Waals surface area contributed by atoms with E-state index >= 15 is 0 Å². The van der Waals surface area contributed by atoms with Gasteiger partial charge in [0.1, 0.15) is 18.4 Å². The summed E-state index contributed by atoms with van der Waals surface area (Å²) >= 11 is 0. The number of H-pyrrole nitrogens is 1. The van der Waals surface area contributed by atoms with Gasteiger partial charge in [-0.3, -0.25) is 19.4 Å². The lowest BCUT2D eigenvalue weighted by atomic mass is 9.89. The molecule has 1 N–H and O–H groups in total. The molecular formula is C18H21N3O4. The average Bonchev–Trinajstić information content (AvgIpc) is 2.83. The molecule has 0 radical (unpaired) electrons. The first-order chi connectivity index (χ1) is 11.9. The highest BCUT2D eigenvalue weighted by Gasteiger charge is 2.28. The molecule has 2 heterocycles. The normalized spacial score (nSPS) is 15.0. The Hall–Kier alpha value is -2.83. The van der Waals surface area contributed by atoms with Crippen LogP contribution in [0.15, 0.2) is 16.0 Å². The zero-order valence-corrected chi connectivity index (χ0v) is 15.0. The van der Waals surface area contributed by atoms with Gasteiger partial charge in [0.2, 0.25) is 5.78 Å². The molecule has 7 heteroatoms. The summed E-state index contributed by atoms with van der Waals surface area (Å²) in [5, 5.41) is 6.96. The van der Waals surface area contributed by atoms with Crippen molar-refractivity contribution in [2.45, 2.75) is 27.2 Å². The Morgan fingerprint density at radius 1 is 1.36 bits per heavy atom. The van der Waals surface area contributed by atoms with Crippen molar-refractivity contribution in [1.82, 2.24) is 9.78 Å². The Kier molecular flexibility index (Phi) is 4.24. The van der Waals surface area contributed by atoms with Crippen molar-refractivity contribution in [1.29, 1.82) is 0 Å². The summed E-state index contributed by atoms with van der Waals surface area (Å²) in [6.07, 6.45) is 0.601. The fourth-order valence-corrected chi connectivity index (χ4v) is 3.33. The molecule has 0 fully saturated rings. The molecule has 1 aliphatic heterocycles. The van der Waals surface area contributed by atoms with Crippen molar-refractivity contribution >= 4 is 11.5 Å². The molecule has 0 atom stereocenters. The molecule has 1 aromatic heterocycles. The van der Waals surface area contributed by atoms with Gasteiger partial charge in [0.15, 0.2) is 0 Å². The summed E-state index contributed by atoms with van der Waals surface area (Å²) in [4.78, 5) is 30.3. The molecule has 0 aliphatic carbocycles. The number of nitrogens with one attached hydrogen (secondary N) is 1. The number of hydrogen-bond acceptors (Lipinski definition) is 5. The van der Waals surface area contributed by atoms with Gasteiger partial charge in [-0.2, -0.15) is 0 Å². The molecule has 2 aromatic rings. The van der Waals surface area contributed by atoms with Crippen molar-refractivity contribution in [3.8, 4) is 5.75 Å². The maximum atomic E-state index is 13.1. The number of aromatic amines is 1. The monoisotopic (exact) mass is 343 g/mol. The van der Waals surface area contributed by atoms with Gasteiger partial charge >= 0.3 is 0 Å². The number of ether oxygens (including phenoxy) is 1. The number of oxime groups is 1. The van der Waals surface area contributed by atoms with Gasteiger partial charge in [0, 0.05) is 30.3 Å². The molecule has 1 aliphatic rings. The van der Waals surface area contributed by atoms with E-state index in [1.165, 1.54) is 11.8 Å². The minimum Gasteiger partial charge on any atom is -0.492 e. The maximum Gasteiger partial charge on any atom is 0.277 e. The lowest BCUT2D eigenvalue weighted by Gasteiger charge is -2.24. The fraction of sp³-hybridized carbons (Fsp3) is 0.389. The molecule has 0 unspecified atom stereocenters. The topological polar surface area (TPSA) is 85.7 Å². The molecule has 0 bridgehead atoms. The van der Waals surface area contributed by atoms with Crippen LogP contribution in [0.4, 0.5) is 0 Å². The summed E-state index contributed by atoms with van der Waals surface area (Å²) in [6, 6.07) is 1.78. The van der Waals surface area contributed by atoms with Crippen LogP contribution in [0.1, 0.15) is 44.7 Å². The number of aryl methyl sites for hydroxylation is 3. The highest BCUT2D eigenvalue weighted by atomic mass is 16.6. The summed E-state index contributed by atoms with van der Waals surface area (Å²) < 4.78 is 7.09. The minimum absolute atomic E-state index is 0.159. The maximum absolute atomic E-state index is 13.1. The minimum atomic E-state index is -0.334. The molecule has 0 saturated carbocycles. The van der Waals surface area contributed by atoms with E-state index in [0.29, 0.717) is 24.3 Å². The van der Waals surface area contributed by atoms with Crippen molar-refractivity contribution in [3.63, 3.8) is 0 Å². The number of ketones is 1. The Labute approximate surface area is 145 Å². The van der Waals surface area contributed by atoms with Crippen molar-refractivity contribution in [2.24, 2.45) is 12.2 Å². The van der Waals surface area contributed by atoms with Gasteiger partial charge in [-0.05, 0) is 38.0 Å². The number of hydrogen-bond donors (Lipinski definition) is 1. The molecule has 132 valence electrons. The number of nitrogens with zero attached hydrogens (tertiary/aromatic N) is 2. The largest absolute Gasteiger partial charge is 0.492 e. The zero-order valence-electron chi connectivity index (χ0n) is 15.0. The summed E-state index contributed by atoms with van der Waals surface area (Å²) in [5.41, 5.74) is 3.95. The summed E-state index contributed by atoms with van der Waals surface area (Å²) in [7, 11) is 3.08. The van der Waals surface area contributed by atoms with Gasteiger partial charge in [-0.15, -0.1) is 0 Å². The number of benzene rings is 1. The predicted octanol–water partition coefficient (Wildman–Crippen LogP) is 2.00. The first-order valence-electron chi connectivity index (χ1n) is 8.04. The van der Waals surface area contributed by atoms with E-state index in [9.17, 15) is 9.59 Å². The van der Waals surface area contributed by atoms with E-state index in [0.717, 1.165) is 28.2 Å². The van der Waals surface area contributed by atoms with Crippen LogP contribution in [0.3, 0.4) is 0 Å². The van der Waals surface area contributed by atoms with Gasteiger partial charge in [0.25, 0.3) is 5.56 Å². The molecule has 1 aromatic carbocycles. The highest BCUT2D eigenvalue weighted by molar-refractivity contribution is 6.14. The van der Waals surface area contributed by atoms with Gasteiger partial charge in [-0.1, -0.05) is 5.16 Å². The Balaban J connectivity index is 2.24. The smallest absolute Gasteiger partial charge is 0.277 e. The summed E-state index contributed by atoms with van der Waals surface area (Å²) in [6.45, 7) is 5.96. The predicted molar refractivity (Wildman–Crippen MR) is 93.8 cm³/mol. The quantitative estimate of drug-likeness (QED) is 0.682. The molecular weight excluding hydrogens is 322 g/mol. The Bertz CT molecular complexity index is 950. The molecule has 0 spiro atoms. The van der Waals surface area contributed by atoms with E-state index in [-0.39, 0.29) is 16.9 Å². The third-order valence-electron chi connectivity index (χ3n) is 4.50. The van der Waals surface area contributed by atoms with E-state index in [2.05, 4.69) is 10.3 Å². The van der Waals surface area contributed by atoms with Crippen molar-refractivity contribution in [2.75, 3.05) is 13.7 Å². The first kappa shape index (κ1) is 17.0. The van der Waals surface area contributed by atoms with Crippen LogP contribution in [0.5, 0.6) is 5.75 Å². The Morgan fingerprint density at radius 3 is 2.68 bits per heavy atom. The number of carbonyl (C=O) groups excluding carboxylic acids is 1. The summed E-state index contributed by atoms with van der Waals surface area (Å²) in [5.74, 6) is 0.417. The average molecular weight is 343 g/mol. The highest BCUT2D eigenvalue weighted by Crippen LogP contribution is 2.34. The third kappa shape index (κ3) is 2.65. The van der Waals surface area contributed by atoms with Crippen LogP contribution >= 0.6 is 0 Å². The van der Waals surface area contributed by atoms with E-state index in [1.807, 2.05) is 13.8 Å². The van der Waals surface area contributed by atoms with Crippen LogP contribution in [-0.2, 0) is 11.9 Å². The zero-order chi connectivity index (χ0) is 18.3.